The van der Waals surface area contributed by atoms with E-state index in [9.17, 15) is 9.90 Å². The fraction of sp³-hybridized carbons (Fsp3) is 0.562. The van der Waals surface area contributed by atoms with Crippen molar-refractivity contribution in [2.24, 2.45) is 5.92 Å². The van der Waals surface area contributed by atoms with E-state index >= 15 is 0 Å². The number of rotatable bonds is 5. The molecule has 1 aromatic carbocycles. The van der Waals surface area contributed by atoms with Crippen molar-refractivity contribution >= 4 is 5.97 Å². The molecule has 4 heteroatoms. The first-order valence-corrected chi connectivity index (χ1v) is 7.31. The molecule has 0 bridgehead atoms. The fourth-order valence-corrected chi connectivity index (χ4v) is 2.67. The van der Waals surface area contributed by atoms with Gasteiger partial charge in [-0.15, -0.1) is 0 Å². The number of hydrogen-bond donors (Lipinski definition) is 2. The Morgan fingerprint density at radius 3 is 2.60 bits per heavy atom. The Morgan fingerprint density at radius 2 is 2.00 bits per heavy atom. The number of aliphatic carboxylic acids is 1. The summed E-state index contributed by atoms with van der Waals surface area (Å²) in [5, 5.41) is 12.4. The molecule has 0 saturated carbocycles. The van der Waals surface area contributed by atoms with Crippen LogP contribution in [0.4, 0.5) is 0 Å². The minimum atomic E-state index is -0.742. The third kappa shape index (κ3) is 4.05. The SMILES string of the molecule is CC(C)Cc1ccc(CN2CCNCC2C(=O)O)cc1. The van der Waals surface area contributed by atoms with Gasteiger partial charge in [0.25, 0.3) is 0 Å². The van der Waals surface area contributed by atoms with Crippen LogP contribution in [0.1, 0.15) is 25.0 Å². The minimum absolute atomic E-state index is 0.418. The number of nitrogens with one attached hydrogen (secondary N) is 1. The van der Waals surface area contributed by atoms with Gasteiger partial charge in [-0.2, -0.15) is 0 Å². The standard InChI is InChI=1S/C16H24N2O2/c1-12(2)9-13-3-5-14(6-4-13)11-18-8-7-17-10-15(18)16(19)20/h3-6,12,15,17H,7-11H2,1-2H3,(H,19,20). The number of piperazine rings is 1. The molecule has 2 N–H and O–H groups in total. The van der Waals surface area contributed by atoms with E-state index in [1.165, 1.54) is 11.1 Å². The molecule has 2 rings (SSSR count). The van der Waals surface area contributed by atoms with Gasteiger partial charge in [0.05, 0.1) is 0 Å². The second-order valence-corrected chi connectivity index (χ2v) is 5.94. The number of carboxylic acid groups (broad SMARTS) is 1. The highest BCUT2D eigenvalue weighted by Gasteiger charge is 2.27. The monoisotopic (exact) mass is 276 g/mol. The normalized spacial score (nSPS) is 20.2. The van der Waals surface area contributed by atoms with Crippen LogP contribution in [-0.2, 0) is 17.8 Å². The molecule has 0 aromatic heterocycles. The first kappa shape index (κ1) is 15.0. The predicted octanol–water partition coefficient (Wildman–Crippen LogP) is 1.74. The Kier molecular flexibility index (Phi) is 5.15. The topological polar surface area (TPSA) is 52.6 Å². The molecular weight excluding hydrogens is 252 g/mol. The Morgan fingerprint density at radius 1 is 1.35 bits per heavy atom. The average Bonchev–Trinajstić information content (AvgIpc) is 2.41. The van der Waals surface area contributed by atoms with Crippen LogP contribution in [0.5, 0.6) is 0 Å². The van der Waals surface area contributed by atoms with Gasteiger partial charge in [-0.05, 0) is 23.5 Å². The van der Waals surface area contributed by atoms with Crippen LogP contribution in [-0.4, -0.2) is 41.7 Å². The first-order chi connectivity index (χ1) is 9.56. The Labute approximate surface area is 120 Å². The lowest BCUT2D eigenvalue weighted by Crippen LogP contribution is -2.54. The van der Waals surface area contributed by atoms with Crippen LogP contribution in [0.15, 0.2) is 24.3 Å². The van der Waals surface area contributed by atoms with Crippen molar-refractivity contribution in [2.75, 3.05) is 19.6 Å². The van der Waals surface area contributed by atoms with Crippen LogP contribution in [0.25, 0.3) is 0 Å². The van der Waals surface area contributed by atoms with Crippen molar-refractivity contribution < 1.29 is 9.90 Å². The summed E-state index contributed by atoms with van der Waals surface area (Å²) in [5.74, 6) is -0.0842. The van der Waals surface area contributed by atoms with Crippen LogP contribution in [0.2, 0.25) is 0 Å². The summed E-state index contributed by atoms with van der Waals surface area (Å²) in [6.07, 6.45) is 1.09. The maximum absolute atomic E-state index is 11.2. The molecular formula is C16H24N2O2. The summed E-state index contributed by atoms with van der Waals surface area (Å²) in [6, 6.07) is 8.15. The predicted molar refractivity (Wildman–Crippen MR) is 79.7 cm³/mol. The molecule has 1 atom stereocenters. The van der Waals surface area contributed by atoms with Crippen molar-refractivity contribution in [3.8, 4) is 0 Å². The van der Waals surface area contributed by atoms with Gasteiger partial charge in [-0.25, -0.2) is 0 Å². The highest BCUT2D eigenvalue weighted by molar-refractivity contribution is 5.74. The molecule has 110 valence electrons. The highest BCUT2D eigenvalue weighted by atomic mass is 16.4. The van der Waals surface area contributed by atoms with Gasteiger partial charge in [-0.3, -0.25) is 9.69 Å². The number of carbonyl (C=O) groups is 1. The highest BCUT2D eigenvalue weighted by Crippen LogP contribution is 2.14. The number of nitrogens with zero attached hydrogens (tertiary/aromatic N) is 1. The van der Waals surface area contributed by atoms with E-state index in [1.54, 1.807) is 0 Å². The van der Waals surface area contributed by atoms with Crippen molar-refractivity contribution in [3.05, 3.63) is 35.4 Å². The summed E-state index contributed by atoms with van der Waals surface area (Å²) in [7, 11) is 0. The summed E-state index contributed by atoms with van der Waals surface area (Å²) >= 11 is 0. The van der Waals surface area contributed by atoms with E-state index in [1.807, 2.05) is 4.90 Å². The average molecular weight is 276 g/mol. The van der Waals surface area contributed by atoms with E-state index in [2.05, 4.69) is 43.4 Å². The molecule has 0 amide bonds. The molecule has 0 aliphatic carbocycles. The van der Waals surface area contributed by atoms with Crippen LogP contribution >= 0.6 is 0 Å². The zero-order valence-corrected chi connectivity index (χ0v) is 12.3. The summed E-state index contributed by atoms with van der Waals surface area (Å²) in [5.41, 5.74) is 2.53. The summed E-state index contributed by atoms with van der Waals surface area (Å²) < 4.78 is 0. The summed E-state index contributed by atoms with van der Waals surface area (Å²) in [6.45, 7) is 7.31. The minimum Gasteiger partial charge on any atom is -0.480 e. The molecule has 1 fully saturated rings. The van der Waals surface area contributed by atoms with Gasteiger partial charge in [0, 0.05) is 26.2 Å². The van der Waals surface area contributed by atoms with Gasteiger partial charge in [0.2, 0.25) is 0 Å². The molecule has 1 heterocycles. The third-order valence-electron chi connectivity index (χ3n) is 3.69. The van der Waals surface area contributed by atoms with E-state index in [0.29, 0.717) is 19.0 Å². The molecule has 1 saturated heterocycles. The van der Waals surface area contributed by atoms with Crippen LogP contribution in [0, 0.1) is 5.92 Å². The van der Waals surface area contributed by atoms with Crippen molar-refractivity contribution in [2.45, 2.75) is 32.9 Å². The van der Waals surface area contributed by atoms with E-state index in [0.717, 1.165) is 19.5 Å². The zero-order chi connectivity index (χ0) is 14.5. The van der Waals surface area contributed by atoms with Gasteiger partial charge in [0.1, 0.15) is 6.04 Å². The Bertz CT molecular complexity index is 442. The second-order valence-electron chi connectivity index (χ2n) is 5.94. The molecule has 4 nitrogen and oxygen atoms in total. The molecule has 1 aromatic rings. The summed E-state index contributed by atoms with van der Waals surface area (Å²) in [4.78, 5) is 13.3. The molecule has 1 aliphatic heterocycles. The van der Waals surface area contributed by atoms with Gasteiger partial charge in [0.15, 0.2) is 0 Å². The van der Waals surface area contributed by atoms with Crippen LogP contribution in [0.3, 0.4) is 0 Å². The molecule has 1 unspecified atom stereocenters. The van der Waals surface area contributed by atoms with Gasteiger partial charge < -0.3 is 10.4 Å². The van der Waals surface area contributed by atoms with Crippen LogP contribution < -0.4 is 5.32 Å². The third-order valence-corrected chi connectivity index (χ3v) is 3.69. The maximum Gasteiger partial charge on any atom is 0.322 e. The smallest absolute Gasteiger partial charge is 0.322 e. The first-order valence-electron chi connectivity index (χ1n) is 7.31. The number of hydrogen-bond acceptors (Lipinski definition) is 3. The van der Waals surface area contributed by atoms with Gasteiger partial charge >= 0.3 is 5.97 Å². The zero-order valence-electron chi connectivity index (χ0n) is 12.3. The quantitative estimate of drug-likeness (QED) is 0.860. The van der Waals surface area contributed by atoms with Gasteiger partial charge in [-0.1, -0.05) is 38.1 Å². The molecule has 1 aliphatic rings. The molecule has 20 heavy (non-hydrogen) atoms. The van der Waals surface area contributed by atoms with E-state index < -0.39 is 12.0 Å². The van der Waals surface area contributed by atoms with E-state index in [-0.39, 0.29) is 0 Å². The Balaban J connectivity index is 1.99. The Hall–Kier alpha value is -1.39. The molecule has 0 radical (unpaired) electrons. The van der Waals surface area contributed by atoms with Crippen molar-refractivity contribution in [3.63, 3.8) is 0 Å². The van der Waals surface area contributed by atoms with Crippen molar-refractivity contribution in [1.82, 2.24) is 10.2 Å². The number of benzene rings is 1. The van der Waals surface area contributed by atoms with Crippen molar-refractivity contribution in [1.29, 1.82) is 0 Å². The number of carboxylic acids is 1. The lowest BCUT2D eigenvalue weighted by molar-refractivity contribution is -0.144. The largest absolute Gasteiger partial charge is 0.480 e. The maximum atomic E-state index is 11.2. The lowest BCUT2D eigenvalue weighted by Gasteiger charge is -2.33. The second kappa shape index (κ2) is 6.86. The fourth-order valence-electron chi connectivity index (χ4n) is 2.67. The lowest BCUT2D eigenvalue weighted by atomic mass is 10.0. The van der Waals surface area contributed by atoms with E-state index in [4.69, 9.17) is 0 Å². The molecule has 0 spiro atoms.